The van der Waals surface area contributed by atoms with E-state index >= 15 is 0 Å². The van der Waals surface area contributed by atoms with Gasteiger partial charge >= 0.3 is 0 Å². The van der Waals surface area contributed by atoms with Crippen LogP contribution >= 0.6 is 0 Å². The van der Waals surface area contributed by atoms with Crippen LogP contribution in [-0.4, -0.2) is 16.2 Å². The van der Waals surface area contributed by atoms with Gasteiger partial charge in [-0.15, -0.1) is 0 Å². The summed E-state index contributed by atoms with van der Waals surface area (Å²) in [5.41, 5.74) is 8.25. The number of rotatable bonds is 4. The molecule has 1 atom stereocenters. The zero-order valence-corrected chi connectivity index (χ0v) is 11.4. The molecule has 19 heavy (non-hydrogen) atoms. The summed E-state index contributed by atoms with van der Waals surface area (Å²) >= 11 is 0. The quantitative estimate of drug-likeness (QED) is 0.883. The first-order chi connectivity index (χ1) is 9.01. The fourth-order valence-corrected chi connectivity index (χ4v) is 2.13. The van der Waals surface area contributed by atoms with Crippen LogP contribution in [-0.2, 0) is 11.8 Å². The Balaban J connectivity index is 2.20. The van der Waals surface area contributed by atoms with Crippen molar-refractivity contribution in [3.8, 4) is 0 Å². The van der Waals surface area contributed by atoms with Gasteiger partial charge in [-0.3, -0.25) is 4.98 Å². The molecule has 3 N–H and O–H groups in total. The van der Waals surface area contributed by atoms with Crippen molar-refractivity contribution >= 4 is 5.69 Å². The van der Waals surface area contributed by atoms with Gasteiger partial charge in [0.05, 0.1) is 6.10 Å². The van der Waals surface area contributed by atoms with Crippen molar-refractivity contribution in [2.24, 2.45) is 0 Å². The lowest BCUT2D eigenvalue weighted by Gasteiger charge is -2.31. The van der Waals surface area contributed by atoms with Gasteiger partial charge < -0.3 is 10.8 Å². The van der Waals surface area contributed by atoms with Crippen LogP contribution in [0.1, 0.15) is 25.0 Å². The molecule has 1 unspecified atom stereocenters. The Morgan fingerprint density at radius 2 is 1.89 bits per heavy atom. The molecular weight excluding hydrogens is 236 g/mol. The molecular formula is C16H20N2O. The molecule has 1 aromatic heterocycles. The lowest BCUT2D eigenvalue weighted by Crippen LogP contribution is -2.35. The van der Waals surface area contributed by atoms with Crippen molar-refractivity contribution in [1.82, 2.24) is 4.98 Å². The molecule has 0 amide bonds. The molecule has 0 spiro atoms. The average Bonchev–Trinajstić information content (AvgIpc) is 2.42. The first-order valence-electron chi connectivity index (χ1n) is 6.44. The van der Waals surface area contributed by atoms with E-state index in [0.717, 1.165) is 11.1 Å². The van der Waals surface area contributed by atoms with Gasteiger partial charge in [0.2, 0.25) is 0 Å². The highest BCUT2D eigenvalue weighted by molar-refractivity contribution is 5.45. The molecule has 3 heteroatoms. The predicted octanol–water partition coefficient (Wildman–Crippen LogP) is 2.54. The molecule has 0 aliphatic heterocycles. The van der Waals surface area contributed by atoms with Crippen LogP contribution in [0.3, 0.4) is 0 Å². The lowest BCUT2D eigenvalue weighted by atomic mass is 9.77. The largest absolute Gasteiger partial charge is 0.398 e. The third-order valence-corrected chi connectivity index (χ3v) is 3.71. The van der Waals surface area contributed by atoms with Gasteiger partial charge in [0.15, 0.2) is 0 Å². The normalized spacial score (nSPS) is 13.2. The molecule has 0 fully saturated rings. The summed E-state index contributed by atoms with van der Waals surface area (Å²) in [6.07, 6.45) is 3.37. The van der Waals surface area contributed by atoms with E-state index in [0.29, 0.717) is 12.1 Å². The molecule has 0 saturated heterocycles. The van der Waals surface area contributed by atoms with Crippen LogP contribution in [0.4, 0.5) is 5.69 Å². The Labute approximate surface area is 114 Å². The molecule has 2 aromatic rings. The van der Waals surface area contributed by atoms with E-state index in [-0.39, 0.29) is 5.41 Å². The maximum absolute atomic E-state index is 10.5. The zero-order chi connectivity index (χ0) is 13.9. The summed E-state index contributed by atoms with van der Waals surface area (Å²) in [5.74, 6) is 0. The molecule has 0 saturated carbocycles. The average molecular weight is 256 g/mol. The second-order valence-corrected chi connectivity index (χ2v) is 5.38. The number of nitrogens with zero attached hydrogens (tertiary/aromatic N) is 1. The highest BCUT2D eigenvalue weighted by Crippen LogP contribution is 2.29. The monoisotopic (exact) mass is 256 g/mol. The van der Waals surface area contributed by atoms with Crippen molar-refractivity contribution in [3.63, 3.8) is 0 Å². The highest BCUT2D eigenvalue weighted by Gasteiger charge is 2.30. The lowest BCUT2D eigenvalue weighted by molar-refractivity contribution is 0.100. The topological polar surface area (TPSA) is 59.1 Å². The molecule has 0 aliphatic rings. The van der Waals surface area contributed by atoms with Crippen molar-refractivity contribution in [3.05, 3.63) is 59.9 Å². The number of nitrogen functional groups attached to an aromatic ring is 1. The van der Waals surface area contributed by atoms with Crippen molar-refractivity contribution in [2.45, 2.75) is 31.8 Å². The fourth-order valence-electron chi connectivity index (χ4n) is 2.13. The zero-order valence-electron chi connectivity index (χ0n) is 11.4. The molecule has 3 nitrogen and oxygen atoms in total. The van der Waals surface area contributed by atoms with E-state index in [1.54, 1.807) is 18.5 Å². The summed E-state index contributed by atoms with van der Waals surface area (Å²) in [5, 5.41) is 10.5. The minimum absolute atomic E-state index is 0.330. The Bertz CT molecular complexity index is 537. The maximum atomic E-state index is 10.5. The molecule has 2 rings (SSSR count). The van der Waals surface area contributed by atoms with Crippen LogP contribution in [0.5, 0.6) is 0 Å². The third kappa shape index (κ3) is 2.93. The predicted molar refractivity (Wildman–Crippen MR) is 77.8 cm³/mol. The van der Waals surface area contributed by atoms with Crippen molar-refractivity contribution in [1.29, 1.82) is 0 Å². The molecule has 1 heterocycles. The van der Waals surface area contributed by atoms with Crippen LogP contribution < -0.4 is 5.73 Å². The van der Waals surface area contributed by atoms with E-state index in [1.807, 2.05) is 44.2 Å². The van der Waals surface area contributed by atoms with Crippen LogP contribution in [0.25, 0.3) is 0 Å². The Morgan fingerprint density at radius 3 is 2.53 bits per heavy atom. The maximum Gasteiger partial charge on any atom is 0.0673 e. The number of aliphatic hydroxyl groups excluding tert-OH is 1. The highest BCUT2D eigenvalue weighted by atomic mass is 16.3. The van der Waals surface area contributed by atoms with E-state index in [9.17, 15) is 5.11 Å². The second-order valence-electron chi connectivity index (χ2n) is 5.38. The number of pyridine rings is 1. The minimum atomic E-state index is -0.513. The minimum Gasteiger partial charge on any atom is -0.398 e. The number of aliphatic hydroxyl groups is 1. The SMILES string of the molecule is CC(C)(c1ccccc1)C(O)Cc1cnccc1N. The van der Waals surface area contributed by atoms with Gasteiger partial charge in [-0.1, -0.05) is 44.2 Å². The Hall–Kier alpha value is -1.87. The van der Waals surface area contributed by atoms with E-state index < -0.39 is 6.10 Å². The molecule has 0 radical (unpaired) electrons. The number of hydrogen-bond donors (Lipinski definition) is 2. The molecule has 100 valence electrons. The van der Waals surface area contributed by atoms with Gasteiger partial charge in [-0.05, 0) is 17.2 Å². The molecule has 0 aliphatic carbocycles. The number of nitrogens with two attached hydrogens (primary N) is 1. The second kappa shape index (κ2) is 5.41. The number of anilines is 1. The van der Waals surface area contributed by atoms with Gasteiger partial charge in [0.1, 0.15) is 0 Å². The van der Waals surface area contributed by atoms with E-state index in [2.05, 4.69) is 4.98 Å². The van der Waals surface area contributed by atoms with Gasteiger partial charge in [0, 0.05) is 29.9 Å². The first-order valence-corrected chi connectivity index (χ1v) is 6.44. The smallest absolute Gasteiger partial charge is 0.0673 e. The van der Waals surface area contributed by atoms with Crippen LogP contribution in [0.2, 0.25) is 0 Å². The van der Waals surface area contributed by atoms with E-state index in [1.165, 1.54) is 0 Å². The van der Waals surface area contributed by atoms with Crippen LogP contribution in [0, 0.1) is 0 Å². The number of aromatic nitrogens is 1. The molecule has 0 bridgehead atoms. The Kier molecular flexibility index (Phi) is 3.86. The van der Waals surface area contributed by atoms with E-state index in [4.69, 9.17) is 5.73 Å². The van der Waals surface area contributed by atoms with Gasteiger partial charge in [-0.2, -0.15) is 0 Å². The summed E-state index contributed by atoms with van der Waals surface area (Å²) < 4.78 is 0. The fraction of sp³-hybridized carbons (Fsp3) is 0.312. The summed E-state index contributed by atoms with van der Waals surface area (Å²) in [7, 11) is 0. The van der Waals surface area contributed by atoms with Gasteiger partial charge in [0.25, 0.3) is 0 Å². The number of hydrogen-bond acceptors (Lipinski definition) is 3. The van der Waals surface area contributed by atoms with Crippen molar-refractivity contribution < 1.29 is 5.11 Å². The number of benzene rings is 1. The van der Waals surface area contributed by atoms with Crippen molar-refractivity contribution in [2.75, 3.05) is 5.73 Å². The standard InChI is InChI=1S/C16H20N2O/c1-16(2,13-6-4-3-5-7-13)15(19)10-12-11-18-9-8-14(12)17/h3-9,11,15,19H,10H2,1-2H3,(H2,17,18). The summed E-state index contributed by atoms with van der Waals surface area (Å²) in [6, 6.07) is 11.8. The summed E-state index contributed by atoms with van der Waals surface area (Å²) in [6.45, 7) is 4.08. The van der Waals surface area contributed by atoms with Gasteiger partial charge in [-0.25, -0.2) is 0 Å². The third-order valence-electron chi connectivity index (χ3n) is 3.71. The summed E-state index contributed by atoms with van der Waals surface area (Å²) in [4.78, 5) is 4.06. The first kappa shape index (κ1) is 13.6. The molecule has 1 aromatic carbocycles. The Morgan fingerprint density at radius 1 is 1.21 bits per heavy atom. The van der Waals surface area contributed by atoms with Crippen LogP contribution in [0.15, 0.2) is 48.8 Å².